The normalized spacial score (nSPS) is 23.0. The van der Waals surface area contributed by atoms with Crippen molar-refractivity contribution in [3.05, 3.63) is 35.9 Å². The number of hydrogen-bond acceptors (Lipinski definition) is 5. The molecule has 3 rings (SSSR count). The van der Waals surface area contributed by atoms with Gasteiger partial charge in [0.05, 0.1) is 0 Å². The molecule has 2 aliphatic rings. The topological polar surface area (TPSA) is 79.9 Å². The van der Waals surface area contributed by atoms with Gasteiger partial charge in [0, 0.05) is 31.2 Å². The molecule has 1 aliphatic carbocycles. The third-order valence-corrected chi connectivity index (χ3v) is 5.71. The zero-order valence-corrected chi connectivity index (χ0v) is 18.4. The lowest BCUT2D eigenvalue weighted by Crippen LogP contribution is -2.54. The zero-order valence-electron chi connectivity index (χ0n) is 18.4. The highest BCUT2D eigenvalue weighted by atomic mass is 16.6. The fraction of sp³-hybridized carbons (Fsp3) is 0.652. The second kappa shape index (κ2) is 10.2. The minimum absolute atomic E-state index is 0.125. The number of piperidine rings is 1. The number of carbonyl (C=O) groups is 2. The number of amides is 2. The van der Waals surface area contributed by atoms with Crippen LogP contribution < -0.4 is 10.6 Å². The zero-order chi connectivity index (χ0) is 21.6. The van der Waals surface area contributed by atoms with E-state index in [0.29, 0.717) is 6.04 Å². The van der Waals surface area contributed by atoms with Gasteiger partial charge in [-0.05, 0) is 58.4 Å². The summed E-state index contributed by atoms with van der Waals surface area (Å²) < 4.78 is 10.8. The first kappa shape index (κ1) is 22.4. The number of nitrogens with zero attached hydrogens (tertiary/aromatic N) is 1. The second-order valence-corrected chi connectivity index (χ2v) is 9.27. The lowest BCUT2D eigenvalue weighted by Gasteiger charge is -2.38. The van der Waals surface area contributed by atoms with Gasteiger partial charge in [0.1, 0.15) is 12.2 Å². The van der Waals surface area contributed by atoms with Crippen LogP contribution in [0, 0.1) is 0 Å². The van der Waals surface area contributed by atoms with E-state index in [1.807, 2.05) is 51.1 Å². The molecule has 2 N–H and O–H groups in total. The Labute approximate surface area is 179 Å². The van der Waals surface area contributed by atoms with Crippen molar-refractivity contribution < 1.29 is 19.1 Å². The van der Waals surface area contributed by atoms with E-state index in [-0.39, 0.29) is 30.9 Å². The molecule has 2 amide bonds. The molecule has 2 unspecified atom stereocenters. The van der Waals surface area contributed by atoms with E-state index in [1.54, 1.807) is 0 Å². The van der Waals surface area contributed by atoms with Gasteiger partial charge in [-0.2, -0.15) is 0 Å². The summed E-state index contributed by atoms with van der Waals surface area (Å²) in [6, 6.07) is 10.3. The van der Waals surface area contributed by atoms with Crippen molar-refractivity contribution in [1.82, 2.24) is 15.5 Å². The van der Waals surface area contributed by atoms with Crippen LogP contribution in [-0.2, 0) is 16.1 Å². The summed E-state index contributed by atoms with van der Waals surface area (Å²) >= 11 is 0. The predicted octanol–water partition coefficient (Wildman–Crippen LogP) is 3.82. The number of alkyl carbamates (subject to hydrolysis) is 2. The quantitative estimate of drug-likeness (QED) is 0.761. The number of carbonyl (C=O) groups excluding carboxylic acids is 2. The summed E-state index contributed by atoms with van der Waals surface area (Å²) in [7, 11) is 0. The molecule has 1 heterocycles. The Hall–Kier alpha value is -2.28. The smallest absolute Gasteiger partial charge is 0.407 e. The maximum absolute atomic E-state index is 12.2. The van der Waals surface area contributed by atoms with Gasteiger partial charge >= 0.3 is 12.2 Å². The fourth-order valence-electron chi connectivity index (χ4n) is 4.31. The van der Waals surface area contributed by atoms with E-state index in [1.165, 1.54) is 0 Å². The largest absolute Gasteiger partial charge is 0.445 e. The molecule has 1 aliphatic heterocycles. The molecule has 2 atom stereocenters. The summed E-state index contributed by atoms with van der Waals surface area (Å²) in [5, 5.41) is 6.06. The summed E-state index contributed by atoms with van der Waals surface area (Å²) in [6.45, 7) is 7.72. The van der Waals surface area contributed by atoms with E-state index in [2.05, 4.69) is 15.5 Å². The van der Waals surface area contributed by atoms with E-state index >= 15 is 0 Å². The summed E-state index contributed by atoms with van der Waals surface area (Å²) in [6.07, 6.45) is 4.24. The second-order valence-electron chi connectivity index (χ2n) is 9.27. The van der Waals surface area contributed by atoms with Crippen LogP contribution in [0.5, 0.6) is 0 Å². The van der Waals surface area contributed by atoms with E-state index in [9.17, 15) is 9.59 Å². The number of rotatable bonds is 5. The molecule has 0 bridgehead atoms. The van der Waals surface area contributed by atoms with E-state index < -0.39 is 5.60 Å². The first-order valence-electron chi connectivity index (χ1n) is 11.0. The number of benzene rings is 1. The van der Waals surface area contributed by atoms with Gasteiger partial charge in [0.2, 0.25) is 0 Å². The summed E-state index contributed by atoms with van der Waals surface area (Å²) in [5.41, 5.74) is 0.490. The van der Waals surface area contributed by atoms with Gasteiger partial charge < -0.3 is 20.1 Å². The molecule has 1 saturated carbocycles. The molecule has 0 radical (unpaired) electrons. The minimum Gasteiger partial charge on any atom is -0.445 e. The third-order valence-electron chi connectivity index (χ3n) is 5.71. The van der Waals surface area contributed by atoms with Crippen molar-refractivity contribution in [1.29, 1.82) is 0 Å². The van der Waals surface area contributed by atoms with Crippen LogP contribution in [0.25, 0.3) is 0 Å². The van der Waals surface area contributed by atoms with E-state index in [4.69, 9.17) is 9.47 Å². The molecule has 0 aromatic heterocycles. The van der Waals surface area contributed by atoms with Crippen LogP contribution in [-0.4, -0.2) is 53.9 Å². The number of hydrogen-bond donors (Lipinski definition) is 2. The van der Waals surface area contributed by atoms with Crippen molar-refractivity contribution in [2.75, 3.05) is 13.1 Å². The maximum atomic E-state index is 12.2. The Morgan fingerprint density at radius 3 is 2.37 bits per heavy atom. The SMILES string of the molecule is CC(C)(C)OC(=O)NC1CCCC1N1CCC(NC(=O)OCc2ccccc2)CC1. The molecule has 0 spiro atoms. The number of likely N-dealkylation sites (tertiary alicyclic amines) is 1. The number of ether oxygens (including phenoxy) is 2. The molecule has 1 aromatic carbocycles. The summed E-state index contributed by atoms with van der Waals surface area (Å²) in [5.74, 6) is 0. The third kappa shape index (κ3) is 6.90. The van der Waals surface area contributed by atoms with Gasteiger partial charge in [0.15, 0.2) is 0 Å². The molecule has 7 heteroatoms. The maximum Gasteiger partial charge on any atom is 0.407 e. The molecule has 7 nitrogen and oxygen atoms in total. The molecule has 166 valence electrons. The van der Waals surface area contributed by atoms with Crippen molar-refractivity contribution in [3.63, 3.8) is 0 Å². The van der Waals surface area contributed by atoms with Crippen molar-refractivity contribution >= 4 is 12.2 Å². The minimum atomic E-state index is -0.489. The average Bonchev–Trinajstić information content (AvgIpc) is 3.14. The standard InChI is InChI=1S/C23H35N3O4/c1-23(2,3)30-22(28)25-19-10-7-11-20(19)26-14-12-18(13-15-26)24-21(27)29-16-17-8-5-4-6-9-17/h4-6,8-9,18-20H,7,10-16H2,1-3H3,(H,24,27)(H,25,28). The van der Waals surface area contributed by atoms with Crippen molar-refractivity contribution in [2.24, 2.45) is 0 Å². The Morgan fingerprint density at radius 1 is 1.00 bits per heavy atom. The molecule has 2 fully saturated rings. The molecular formula is C23H35N3O4. The van der Waals surface area contributed by atoms with Crippen molar-refractivity contribution in [3.8, 4) is 0 Å². The van der Waals surface area contributed by atoms with Gasteiger partial charge in [-0.15, -0.1) is 0 Å². The van der Waals surface area contributed by atoms with Crippen LogP contribution in [0.15, 0.2) is 30.3 Å². The summed E-state index contributed by atoms with van der Waals surface area (Å²) in [4.78, 5) is 26.7. The molecule has 1 saturated heterocycles. The molecular weight excluding hydrogens is 382 g/mol. The van der Waals surface area contributed by atoms with Gasteiger partial charge in [-0.1, -0.05) is 30.3 Å². The van der Waals surface area contributed by atoms with Crippen LogP contribution in [0.1, 0.15) is 58.4 Å². The Morgan fingerprint density at radius 2 is 1.70 bits per heavy atom. The lowest BCUT2D eigenvalue weighted by atomic mass is 10.0. The van der Waals surface area contributed by atoms with Crippen LogP contribution in [0.3, 0.4) is 0 Å². The highest BCUT2D eigenvalue weighted by Crippen LogP contribution is 2.27. The molecule has 30 heavy (non-hydrogen) atoms. The predicted molar refractivity (Wildman–Crippen MR) is 115 cm³/mol. The first-order valence-corrected chi connectivity index (χ1v) is 11.0. The highest BCUT2D eigenvalue weighted by Gasteiger charge is 2.36. The Balaban J connectivity index is 1.40. The van der Waals surface area contributed by atoms with Crippen LogP contribution in [0.4, 0.5) is 9.59 Å². The van der Waals surface area contributed by atoms with Crippen LogP contribution >= 0.6 is 0 Å². The lowest BCUT2D eigenvalue weighted by molar-refractivity contribution is 0.0458. The van der Waals surface area contributed by atoms with Gasteiger partial charge in [0.25, 0.3) is 0 Å². The van der Waals surface area contributed by atoms with Gasteiger partial charge in [-0.3, -0.25) is 4.90 Å². The fourth-order valence-corrected chi connectivity index (χ4v) is 4.31. The monoisotopic (exact) mass is 417 g/mol. The highest BCUT2D eigenvalue weighted by molar-refractivity contribution is 5.68. The Bertz CT molecular complexity index is 696. The van der Waals surface area contributed by atoms with E-state index in [0.717, 1.165) is 50.8 Å². The van der Waals surface area contributed by atoms with Gasteiger partial charge in [-0.25, -0.2) is 9.59 Å². The van der Waals surface area contributed by atoms with Crippen molar-refractivity contribution in [2.45, 2.75) is 83.2 Å². The first-order chi connectivity index (χ1) is 14.3. The molecule has 1 aromatic rings. The van der Waals surface area contributed by atoms with Crippen LogP contribution in [0.2, 0.25) is 0 Å². The Kier molecular flexibility index (Phi) is 7.58. The number of nitrogens with one attached hydrogen (secondary N) is 2. The average molecular weight is 418 g/mol.